The number of carbonyl (C=O) groups excluding carboxylic acids is 1. The third-order valence-electron chi connectivity index (χ3n) is 2.60. The van der Waals surface area contributed by atoms with Crippen LogP contribution in [0.25, 0.3) is 0 Å². The summed E-state index contributed by atoms with van der Waals surface area (Å²) in [6.07, 6.45) is -0.836. The van der Waals surface area contributed by atoms with Gasteiger partial charge in [-0.2, -0.15) is 0 Å². The number of hydrogen-bond acceptors (Lipinski definition) is 3. The van der Waals surface area contributed by atoms with Gasteiger partial charge in [0.2, 0.25) is 5.91 Å². The van der Waals surface area contributed by atoms with Gasteiger partial charge in [-0.05, 0) is 31.5 Å². The summed E-state index contributed by atoms with van der Waals surface area (Å²) in [6, 6.07) is 5.39. The molecule has 0 saturated carbocycles. The zero-order valence-corrected chi connectivity index (χ0v) is 10.6. The van der Waals surface area contributed by atoms with Crippen LogP contribution in [-0.4, -0.2) is 30.1 Å². The smallest absolute Gasteiger partial charge is 0.236 e. The maximum atomic E-state index is 13.0. The lowest BCUT2D eigenvalue weighted by Gasteiger charge is -2.16. The van der Waals surface area contributed by atoms with Crippen LogP contribution in [0.5, 0.6) is 0 Å². The molecule has 0 spiro atoms. The van der Waals surface area contributed by atoms with Crippen molar-refractivity contribution in [3.05, 3.63) is 35.6 Å². The van der Waals surface area contributed by atoms with Crippen LogP contribution < -0.4 is 10.6 Å². The van der Waals surface area contributed by atoms with Crippen LogP contribution in [0, 0.1) is 5.82 Å². The highest BCUT2D eigenvalue weighted by atomic mass is 19.1. The van der Waals surface area contributed by atoms with Crippen molar-refractivity contribution in [1.29, 1.82) is 0 Å². The number of amides is 1. The van der Waals surface area contributed by atoms with Gasteiger partial charge in [-0.25, -0.2) is 4.39 Å². The summed E-state index contributed by atoms with van der Waals surface area (Å²) in [5, 5.41) is 15.4. The number of halogens is 1. The van der Waals surface area contributed by atoms with Gasteiger partial charge >= 0.3 is 0 Å². The topological polar surface area (TPSA) is 61.4 Å². The van der Waals surface area contributed by atoms with E-state index in [9.17, 15) is 14.3 Å². The first kappa shape index (κ1) is 14.6. The molecule has 100 valence electrons. The molecule has 3 N–H and O–H groups in total. The number of benzene rings is 1. The van der Waals surface area contributed by atoms with Crippen LogP contribution in [0.4, 0.5) is 4.39 Å². The van der Waals surface area contributed by atoms with E-state index in [-0.39, 0.29) is 18.3 Å². The molecule has 18 heavy (non-hydrogen) atoms. The van der Waals surface area contributed by atoms with E-state index in [4.69, 9.17) is 0 Å². The van der Waals surface area contributed by atoms with Crippen molar-refractivity contribution in [2.45, 2.75) is 26.0 Å². The maximum Gasteiger partial charge on any atom is 0.236 e. The third-order valence-corrected chi connectivity index (χ3v) is 2.60. The standard InChI is InChI=1S/C13H19FN2O2/c1-3-15-13(18)9(2)16-8-12(17)10-5-4-6-11(14)7-10/h4-7,9,12,16-17H,3,8H2,1-2H3,(H,15,18). The Bertz CT molecular complexity index is 398. The monoisotopic (exact) mass is 254 g/mol. The Morgan fingerprint density at radius 2 is 2.22 bits per heavy atom. The van der Waals surface area contributed by atoms with Crippen LogP contribution in [0.15, 0.2) is 24.3 Å². The Labute approximate surface area is 106 Å². The Kier molecular flexibility index (Phi) is 5.74. The molecule has 1 rings (SSSR count). The molecule has 0 heterocycles. The second kappa shape index (κ2) is 7.08. The average Bonchev–Trinajstić information content (AvgIpc) is 2.35. The molecule has 1 aromatic rings. The van der Waals surface area contributed by atoms with E-state index in [0.717, 1.165) is 0 Å². The summed E-state index contributed by atoms with van der Waals surface area (Å²) >= 11 is 0. The summed E-state index contributed by atoms with van der Waals surface area (Å²) in [7, 11) is 0. The van der Waals surface area contributed by atoms with Gasteiger partial charge in [0.25, 0.3) is 0 Å². The first-order valence-electron chi connectivity index (χ1n) is 5.99. The minimum Gasteiger partial charge on any atom is -0.387 e. The molecule has 2 unspecified atom stereocenters. The van der Waals surface area contributed by atoms with Crippen molar-refractivity contribution in [3.8, 4) is 0 Å². The highest BCUT2D eigenvalue weighted by molar-refractivity contribution is 5.81. The van der Waals surface area contributed by atoms with E-state index in [1.807, 2.05) is 6.92 Å². The molecule has 5 heteroatoms. The maximum absolute atomic E-state index is 13.0. The Morgan fingerprint density at radius 1 is 1.50 bits per heavy atom. The molecule has 4 nitrogen and oxygen atoms in total. The summed E-state index contributed by atoms with van der Waals surface area (Å²) in [6.45, 7) is 4.31. The van der Waals surface area contributed by atoms with Crippen molar-refractivity contribution < 1.29 is 14.3 Å². The summed E-state index contributed by atoms with van der Waals surface area (Å²) < 4.78 is 13.0. The average molecular weight is 254 g/mol. The minimum absolute atomic E-state index is 0.121. The van der Waals surface area contributed by atoms with Crippen LogP contribution in [0.1, 0.15) is 25.5 Å². The molecular weight excluding hydrogens is 235 g/mol. The largest absolute Gasteiger partial charge is 0.387 e. The van der Waals surface area contributed by atoms with Gasteiger partial charge < -0.3 is 15.7 Å². The fourth-order valence-corrected chi connectivity index (χ4v) is 1.54. The molecular formula is C13H19FN2O2. The highest BCUT2D eigenvalue weighted by Crippen LogP contribution is 2.13. The van der Waals surface area contributed by atoms with Gasteiger partial charge in [0, 0.05) is 13.1 Å². The number of likely N-dealkylation sites (N-methyl/N-ethyl adjacent to an activating group) is 1. The second-order valence-electron chi connectivity index (χ2n) is 4.10. The van der Waals surface area contributed by atoms with E-state index in [0.29, 0.717) is 12.1 Å². The predicted octanol–water partition coefficient (Wildman–Crippen LogP) is 0.973. The van der Waals surface area contributed by atoms with Gasteiger partial charge in [0.1, 0.15) is 5.82 Å². The Morgan fingerprint density at radius 3 is 2.83 bits per heavy atom. The number of hydrogen-bond donors (Lipinski definition) is 3. The van der Waals surface area contributed by atoms with Crippen molar-refractivity contribution in [3.63, 3.8) is 0 Å². The third kappa shape index (κ3) is 4.43. The van der Waals surface area contributed by atoms with E-state index in [1.54, 1.807) is 19.1 Å². The first-order valence-corrected chi connectivity index (χ1v) is 5.99. The number of carbonyl (C=O) groups is 1. The van der Waals surface area contributed by atoms with Gasteiger partial charge in [0.15, 0.2) is 0 Å². The van der Waals surface area contributed by atoms with E-state index in [2.05, 4.69) is 10.6 Å². The molecule has 0 aromatic heterocycles. The lowest BCUT2D eigenvalue weighted by atomic mass is 10.1. The van der Waals surface area contributed by atoms with Gasteiger partial charge in [0.05, 0.1) is 12.1 Å². The number of aliphatic hydroxyl groups is 1. The summed E-state index contributed by atoms with van der Waals surface area (Å²) in [5.41, 5.74) is 0.491. The summed E-state index contributed by atoms with van der Waals surface area (Å²) in [4.78, 5) is 11.4. The van der Waals surface area contributed by atoms with Crippen LogP contribution in [0.2, 0.25) is 0 Å². The lowest BCUT2D eigenvalue weighted by Crippen LogP contribution is -2.43. The SMILES string of the molecule is CCNC(=O)C(C)NCC(O)c1cccc(F)c1. The van der Waals surface area contributed by atoms with Gasteiger partial charge in [-0.15, -0.1) is 0 Å². The molecule has 0 aliphatic heterocycles. The van der Waals surface area contributed by atoms with Crippen molar-refractivity contribution in [2.75, 3.05) is 13.1 Å². The Hall–Kier alpha value is -1.46. The number of rotatable bonds is 6. The predicted molar refractivity (Wildman–Crippen MR) is 67.5 cm³/mol. The normalized spacial score (nSPS) is 14.0. The molecule has 2 atom stereocenters. The van der Waals surface area contributed by atoms with Crippen molar-refractivity contribution >= 4 is 5.91 Å². The van der Waals surface area contributed by atoms with Gasteiger partial charge in [-0.1, -0.05) is 12.1 Å². The quantitative estimate of drug-likeness (QED) is 0.709. The first-order chi connectivity index (χ1) is 8.54. The van der Waals surface area contributed by atoms with E-state index in [1.165, 1.54) is 12.1 Å². The fraction of sp³-hybridized carbons (Fsp3) is 0.462. The second-order valence-corrected chi connectivity index (χ2v) is 4.10. The lowest BCUT2D eigenvalue weighted by molar-refractivity contribution is -0.122. The van der Waals surface area contributed by atoms with Crippen molar-refractivity contribution in [2.24, 2.45) is 0 Å². The number of aliphatic hydroxyl groups excluding tert-OH is 1. The zero-order chi connectivity index (χ0) is 13.5. The molecule has 0 bridgehead atoms. The van der Waals surface area contributed by atoms with E-state index >= 15 is 0 Å². The minimum atomic E-state index is -0.836. The van der Waals surface area contributed by atoms with Crippen LogP contribution in [0.3, 0.4) is 0 Å². The van der Waals surface area contributed by atoms with Crippen molar-refractivity contribution in [1.82, 2.24) is 10.6 Å². The van der Waals surface area contributed by atoms with Crippen LogP contribution in [-0.2, 0) is 4.79 Å². The molecule has 1 amide bonds. The Balaban J connectivity index is 2.46. The molecule has 0 aliphatic rings. The molecule has 0 radical (unpaired) electrons. The fourth-order valence-electron chi connectivity index (χ4n) is 1.54. The molecule has 0 fully saturated rings. The highest BCUT2D eigenvalue weighted by Gasteiger charge is 2.14. The summed E-state index contributed by atoms with van der Waals surface area (Å²) in [5.74, 6) is -0.507. The van der Waals surface area contributed by atoms with E-state index < -0.39 is 12.1 Å². The zero-order valence-electron chi connectivity index (χ0n) is 10.6. The molecule has 0 saturated heterocycles. The number of nitrogens with one attached hydrogen (secondary N) is 2. The van der Waals surface area contributed by atoms with Crippen LogP contribution >= 0.6 is 0 Å². The van der Waals surface area contributed by atoms with Gasteiger partial charge in [-0.3, -0.25) is 4.79 Å². The molecule has 0 aliphatic carbocycles. The molecule has 1 aromatic carbocycles.